The molecule has 0 rings (SSSR count). The highest BCUT2D eigenvalue weighted by Gasteiger charge is 1.99. The van der Waals surface area contributed by atoms with Crippen LogP contribution in [0.4, 0.5) is 4.79 Å². The van der Waals surface area contributed by atoms with Crippen LogP contribution in [0.5, 0.6) is 0 Å². The summed E-state index contributed by atoms with van der Waals surface area (Å²) in [4.78, 5) is 8.78. The Hall–Kier alpha value is -1.29. The number of nitrogens with two attached hydrogens (primary N) is 1. The Bertz CT molecular complexity index is 198. The van der Waals surface area contributed by atoms with Crippen LogP contribution in [0.3, 0.4) is 0 Å². The zero-order chi connectivity index (χ0) is 12.8. The molecule has 0 aliphatic carbocycles. The number of unbranched alkanes of at least 4 members (excludes halogenated alkanes) is 2. The van der Waals surface area contributed by atoms with E-state index in [4.69, 9.17) is 9.90 Å². The molecular formula is C12H23NO3. The summed E-state index contributed by atoms with van der Waals surface area (Å²) in [5, 5.41) is 16.6. The van der Waals surface area contributed by atoms with Crippen molar-refractivity contribution in [2.24, 2.45) is 5.73 Å². The van der Waals surface area contributed by atoms with Gasteiger partial charge in [0.2, 0.25) is 0 Å². The van der Waals surface area contributed by atoms with E-state index in [2.05, 4.69) is 19.2 Å². The molecule has 0 bridgehead atoms. The summed E-state index contributed by atoms with van der Waals surface area (Å²) in [6.07, 6.45) is 9.35. The lowest BCUT2D eigenvalue weighted by molar-refractivity contribution is 0.164. The summed E-state index contributed by atoms with van der Waals surface area (Å²) in [6.45, 7) is 5.74. The third-order valence-corrected chi connectivity index (χ3v) is 1.82. The highest BCUT2D eigenvalue weighted by Crippen LogP contribution is 2.06. The molecule has 0 aliphatic rings. The predicted molar refractivity (Wildman–Crippen MR) is 66.3 cm³/mol. The van der Waals surface area contributed by atoms with E-state index >= 15 is 0 Å². The van der Waals surface area contributed by atoms with Crippen LogP contribution in [0.25, 0.3) is 0 Å². The SMILES string of the molecule is C=C/C=C/CC(O)CCCCC.NC(=O)O. The Kier molecular flexibility index (Phi) is 14.7. The zero-order valence-corrected chi connectivity index (χ0v) is 9.93. The molecule has 0 saturated heterocycles. The predicted octanol–water partition coefficient (Wildman–Crippen LogP) is 2.68. The number of primary amides is 1. The summed E-state index contributed by atoms with van der Waals surface area (Å²) in [5.41, 5.74) is 4.03. The van der Waals surface area contributed by atoms with Crippen molar-refractivity contribution >= 4 is 6.09 Å². The number of allylic oxidation sites excluding steroid dienone is 2. The third-order valence-electron chi connectivity index (χ3n) is 1.82. The second-order valence-corrected chi connectivity index (χ2v) is 3.39. The molecule has 4 N–H and O–H groups in total. The Morgan fingerprint density at radius 2 is 2.06 bits per heavy atom. The van der Waals surface area contributed by atoms with Gasteiger partial charge in [0.1, 0.15) is 0 Å². The van der Waals surface area contributed by atoms with Crippen LogP contribution < -0.4 is 5.73 Å². The van der Waals surface area contributed by atoms with Crippen molar-refractivity contribution in [3.63, 3.8) is 0 Å². The first-order valence-corrected chi connectivity index (χ1v) is 5.48. The molecule has 4 nitrogen and oxygen atoms in total. The van der Waals surface area contributed by atoms with Gasteiger partial charge < -0.3 is 15.9 Å². The second kappa shape index (κ2) is 13.7. The van der Waals surface area contributed by atoms with Gasteiger partial charge in [0.25, 0.3) is 0 Å². The zero-order valence-electron chi connectivity index (χ0n) is 9.93. The van der Waals surface area contributed by atoms with Gasteiger partial charge in [0.05, 0.1) is 6.10 Å². The first-order chi connectivity index (χ1) is 7.54. The molecule has 0 heterocycles. The number of hydrogen-bond acceptors (Lipinski definition) is 2. The lowest BCUT2D eigenvalue weighted by Gasteiger charge is -2.05. The molecule has 0 radical (unpaired) electrons. The number of hydrogen-bond donors (Lipinski definition) is 3. The van der Waals surface area contributed by atoms with Crippen LogP contribution in [0.15, 0.2) is 24.8 Å². The molecule has 1 unspecified atom stereocenters. The topological polar surface area (TPSA) is 83.5 Å². The number of rotatable bonds is 7. The fourth-order valence-electron chi connectivity index (χ4n) is 1.08. The maximum Gasteiger partial charge on any atom is 0.402 e. The number of carbonyl (C=O) groups is 1. The van der Waals surface area contributed by atoms with Crippen LogP contribution in [-0.4, -0.2) is 22.4 Å². The maximum absolute atomic E-state index is 9.42. The van der Waals surface area contributed by atoms with Crippen molar-refractivity contribution in [2.45, 2.75) is 45.1 Å². The lowest BCUT2D eigenvalue weighted by atomic mass is 10.1. The lowest BCUT2D eigenvalue weighted by Crippen LogP contribution is -2.03. The minimum Gasteiger partial charge on any atom is -0.465 e. The summed E-state index contributed by atoms with van der Waals surface area (Å²) in [6, 6.07) is 0. The molecule has 0 fully saturated rings. The van der Waals surface area contributed by atoms with Crippen molar-refractivity contribution in [2.75, 3.05) is 0 Å². The molecule has 0 aliphatic heterocycles. The van der Waals surface area contributed by atoms with Gasteiger partial charge in [-0.3, -0.25) is 0 Å². The van der Waals surface area contributed by atoms with Gasteiger partial charge >= 0.3 is 6.09 Å². The average molecular weight is 229 g/mol. The van der Waals surface area contributed by atoms with E-state index in [9.17, 15) is 5.11 Å². The highest BCUT2D eigenvalue weighted by atomic mass is 16.4. The molecule has 1 atom stereocenters. The minimum absolute atomic E-state index is 0.159. The molecule has 0 spiro atoms. The first-order valence-electron chi connectivity index (χ1n) is 5.48. The smallest absolute Gasteiger partial charge is 0.402 e. The fourth-order valence-corrected chi connectivity index (χ4v) is 1.08. The van der Waals surface area contributed by atoms with Crippen molar-refractivity contribution < 1.29 is 15.0 Å². The van der Waals surface area contributed by atoms with E-state index in [1.807, 2.05) is 12.2 Å². The average Bonchev–Trinajstić information content (AvgIpc) is 2.18. The normalized spacial score (nSPS) is 11.6. The Morgan fingerprint density at radius 1 is 1.50 bits per heavy atom. The van der Waals surface area contributed by atoms with Crippen LogP contribution in [0, 0.1) is 0 Å². The molecule has 0 aromatic rings. The first kappa shape index (κ1) is 17.1. The number of aliphatic hydroxyl groups is 1. The van der Waals surface area contributed by atoms with E-state index in [1.54, 1.807) is 6.08 Å². The Balaban J connectivity index is 0. The van der Waals surface area contributed by atoms with Crippen molar-refractivity contribution in [3.05, 3.63) is 24.8 Å². The van der Waals surface area contributed by atoms with Crippen LogP contribution in [0.2, 0.25) is 0 Å². The minimum atomic E-state index is -1.33. The monoisotopic (exact) mass is 229 g/mol. The van der Waals surface area contributed by atoms with Gasteiger partial charge in [-0.25, -0.2) is 4.79 Å². The molecular weight excluding hydrogens is 206 g/mol. The van der Waals surface area contributed by atoms with Crippen LogP contribution >= 0.6 is 0 Å². The standard InChI is InChI=1S/C11H20O.CH3NO2/c1-3-5-7-9-11(12)10-8-6-4-2;2-1(3)4/h3,5,7,11-12H,1,4,6,8-10H2,2H3;2H2,(H,3,4)/b7-5+;. The fraction of sp³-hybridized carbons (Fsp3) is 0.583. The van der Waals surface area contributed by atoms with Crippen LogP contribution in [-0.2, 0) is 0 Å². The largest absolute Gasteiger partial charge is 0.465 e. The van der Waals surface area contributed by atoms with E-state index < -0.39 is 6.09 Å². The molecule has 94 valence electrons. The van der Waals surface area contributed by atoms with Gasteiger partial charge in [-0.1, -0.05) is 51.0 Å². The molecule has 0 aromatic carbocycles. The van der Waals surface area contributed by atoms with Crippen molar-refractivity contribution in [1.29, 1.82) is 0 Å². The molecule has 0 saturated carbocycles. The maximum atomic E-state index is 9.42. The molecule has 0 aromatic heterocycles. The molecule has 4 heteroatoms. The van der Waals surface area contributed by atoms with Gasteiger partial charge in [0.15, 0.2) is 0 Å². The van der Waals surface area contributed by atoms with Crippen LogP contribution in [0.1, 0.15) is 39.0 Å². The Labute approximate surface area is 97.5 Å². The van der Waals surface area contributed by atoms with Gasteiger partial charge in [-0.15, -0.1) is 0 Å². The number of carboxylic acid groups (broad SMARTS) is 1. The second-order valence-electron chi connectivity index (χ2n) is 3.39. The number of aliphatic hydroxyl groups excluding tert-OH is 1. The third kappa shape index (κ3) is 23.0. The highest BCUT2D eigenvalue weighted by molar-refractivity contribution is 5.61. The van der Waals surface area contributed by atoms with E-state index in [0.29, 0.717) is 0 Å². The van der Waals surface area contributed by atoms with E-state index in [-0.39, 0.29) is 6.10 Å². The summed E-state index contributed by atoms with van der Waals surface area (Å²) < 4.78 is 0. The summed E-state index contributed by atoms with van der Waals surface area (Å²) in [7, 11) is 0. The Morgan fingerprint density at radius 3 is 2.50 bits per heavy atom. The van der Waals surface area contributed by atoms with E-state index in [0.717, 1.165) is 19.3 Å². The van der Waals surface area contributed by atoms with Gasteiger partial charge in [-0.2, -0.15) is 0 Å². The number of amides is 1. The van der Waals surface area contributed by atoms with Gasteiger partial charge in [-0.05, 0) is 12.8 Å². The summed E-state index contributed by atoms with van der Waals surface area (Å²) >= 11 is 0. The van der Waals surface area contributed by atoms with Crippen molar-refractivity contribution in [3.8, 4) is 0 Å². The quantitative estimate of drug-likeness (QED) is 0.463. The van der Waals surface area contributed by atoms with Gasteiger partial charge in [0, 0.05) is 0 Å². The summed E-state index contributed by atoms with van der Waals surface area (Å²) in [5.74, 6) is 0. The molecule has 16 heavy (non-hydrogen) atoms. The molecule has 1 amide bonds. The van der Waals surface area contributed by atoms with E-state index in [1.165, 1.54) is 12.8 Å². The van der Waals surface area contributed by atoms with Crippen molar-refractivity contribution in [1.82, 2.24) is 0 Å².